The molecule has 0 saturated carbocycles. The van der Waals surface area contributed by atoms with Crippen LogP contribution >= 0.6 is 0 Å². The molecule has 0 saturated heterocycles. The largest absolute Gasteiger partial charge is 0.478 e. The van der Waals surface area contributed by atoms with E-state index in [-0.39, 0.29) is 38.9 Å². The van der Waals surface area contributed by atoms with Gasteiger partial charge in [0.1, 0.15) is 0 Å². The van der Waals surface area contributed by atoms with Crippen LogP contribution in [-0.4, -0.2) is 71.9 Å². The molecule has 0 atom stereocenters. The van der Waals surface area contributed by atoms with Crippen LogP contribution in [0.25, 0.3) is 22.3 Å². The van der Waals surface area contributed by atoms with Gasteiger partial charge < -0.3 is 36.1 Å². The third-order valence-electron chi connectivity index (χ3n) is 5.78. The van der Waals surface area contributed by atoms with Gasteiger partial charge in [-0.1, -0.05) is 24.3 Å². The third kappa shape index (κ3) is 8.33. The summed E-state index contributed by atoms with van der Waals surface area (Å²) < 4.78 is 0. The maximum absolute atomic E-state index is 11.0. The van der Waals surface area contributed by atoms with Gasteiger partial charge >= 0.3 is 35.8 Å². The van der Waals surface area contributed by atoms with Crippen molar-refractivity contribution in [3.8, 4) is 22.3 Å². The molecule has 4 aromatic carbocycles. The van der Waals surface area contributed by atoms with Crippen molar-refractivity contribution in [2.75, 3.05) is 0 Å². The quantitative estimate of drug-likeness (QED) is 0.170. The van der Waals surface area contributed by atoms with E-state index in [1.165, 1.54) is 72.8 Å². The maximum Gasteiger partial charge on any atom is 0.335 e. The zero-order chi connectivity index (χ0) is 31.1. The van der Waals surface area contributed by atoms with Gasteiger partial charge in [0.25, 0.3) is 0 Å². The van der Waals surface area contributed by atoms with Crippen LogP contribution in [0.15, 0.2) is 84.9 Å². The van der Waals surface area contributed by atoms with Crippen LogP contribution < -0.4 is 0 Å². The number of aromatic carboxylic acids is 6. The summed E-state index contributed by atoms with van der Waals surface area (Å²) in [6.45, 7) is 0. The molecule has 0 aliphatic heterocycles. The standard InChI is InChI=1S/2C15H10O6.H2O/c2*16-13(17)9-3-1-8(2-4-9)10-5-11(14(18)19)7-12(6-10)15(20)21;/h2*1-7H,(H,16,17)(H,18,19)(H,20,21);1H2. The molecule has 8 N–H and O–H groups in total. The first-order valence-corrected chi connectivity index (χ1v) is 11.7. The normalized spacial score (nSPS) is 9.86. The lowest BCUT2D eigenvalue weighted by Gasteiger charge is -2.06. The van der Waals surface area contributed by atoms with Crippen LogP contribution in [-0.2, 0) is 0 Å². The lowest BCUT2D eigenvalue weighted by Crippen LogP contribution is -2.03. The number of hydrogen-bond acceptors (Lipinski definition) is 6. The second-order valence-electron chi connectivity index (χ2n) is 8.58. The molecule has 43 heavy (non-hydrogen) atoms. The van der Waals surface area contributed by atoms with Gasteiger partial charge in [0.15, 0.2) is 0 Å². The number of carbonyl (C=O) groups is 6. The molecule has 0 aromatic heterocycles. The smallest absolute Gasteiger partial charge is 0.335 e. The summed E-state index contributed by atoms with van der Waals surface area (Å²) in [5, 5.41) is 53.7. The van der Waals surface area contributed by atoms with E-state index in [0.717, 1.165) is 12.1 Å². The van der Waals surface area contributed by atoms with Crippen molar-refractivity contribution in [2.45, 2.75) is 0 Å². The van der Waals surface area contributed by atoms with Crippen LogP contribution in [0.3, 0.4) is 0 Å². The average Bonchev–Trinajstić information content (AvgIpc) is 2.97. The maximum atomic E-state index is 11.0. The second-order valence-corrected chi connectivity index (χ2v) is 8.58. The molecule has 4 rings (SSSR count). The van der Waals surface area contributed by atoms with Gasteiger partial charge in [-0.2, -0.15) is 0 Å². The highest BCUT2D eigenvalue weighted by atomic mass is 16.4. The van der Waals surface area contributed by atoms with E-state index in [2.05, 4.69) is 0 Å². The molecular weight excluding hydrogens is 568 g/mol. The van der Waals surface area contributed by atoms with Gasteiger partial charge in [-0.05, 0) is 82.9 Å². The van der Waals surface area contributed by atoms with E-state index in [9.17, 15) is 28.8 Å². The highest BCUT2D eigenvalue weighted by Gasteiger charge is 2.14. The molecule has 0 bridgehead atoms. The van der Waals surface area contributed by atoms with E-state index in [1.807, 2.05) is 0 Å². The van der Waals surface area contributed by atoms with E-state index in [4.69, 9.17) is 30.6 Å². The molecule has 0 fully saturated rings. The summed E-state index contributed by atoms with van der Waals surface area (Å²) in [7, 11) is 0. The molecule has 0 radical (unpaired) electrons. The number of carboxylic acids is 6. The summed E-state index contributed by atoms with van der Waals surface area (Å²) in [5.41, 5.74) is 1.45. The lowest BCUT2D eigenvalue weighted by atomic mass is 9.99. The summed E-state index contributed by atoms with van der Waals surface area (Å²) in [6, 6.07) is 18.9. The van der Waals surface area contributed by atoms with Crippen molar-refractivity contribution in [1.82, 2.24) is 0 Å². The topological polar surface area (TPSA) is 255 Å². The molecular formula is C30H22O13. The first kappa shape index (κ1) is 32.9. The monoisotopic (exact) mass is 590 g/mol. The van der Waals surface area contributed by atoms with Crippen LogP contribution in [0.5, 0.6) is 0 Å². The Bertz CT molecular complexity index is 1530. The fourth-order valence-electron chi connectivity index (χ4n) is 3.69. The Balaban J connectivity index is 0.000000293. The zero-order valence-corrected chi connectivity index (χ0v) is 21.7. The predicted octanol–water partition coefficient (Wildman–Crippen LogP) is 4.07. The molecule has 220 valence electrons. The minimum atomic E-state index is -1.23. The van der Waals surface area contributed by atoms with E-state index in [1.54, 1.807) is 0 Å². The first-order valence-electron chi connectivity index (χ1n) is 11.7. The minimum Gasteiger partial charge on any atom is -0.478 e. The average molecular weight is 590 g/mol. The summed E-state index contributed by atoms with van der Waals surface area (Å²) in [5.74, 6) is -7.09. The van der Waals surface area contributed by atoms with Crippen molar-refractivity contribution >= 4 is 35.8 Å². The molecule has 0 spiro atoms. The Labute approximate surface area is 241 Å². The Morgan fingerprint density at radius 3 is 0.698 bits per heavy atom. The Kier molecular flexibility index (Phi) is 10.6. The highest BCUT2D eigenvalue weighted by molar-refractivity contribution is 5.97. The Morgan fingerprint density at radius 1 is 0.302 bits per heavy atom. The zero-order valence-electron chi connectivity index (χ0n) is 21.7. The van der Waals surface area contributed by atoms with E-state index < -0.39 is 35.8 Å². The van der Waals surface area contributed by atoms with Crippen molar-refractivity contribution in [3.05, 3.63) is 118 Å². The van der Waals surface area contributed by atoms with Crippen molar-refractivity contribution in [2.24, 2.45) is 0 Å². The van der Waals surface area contributed by atoms with E-state index >= 15 is 0 Å². The summed E-state index contributed by atoms with van der Waals surface area (Å²) in [4.78, 5) is 65.7. The fourth-order valence-corrected chi connectivity index (χ4v) is 3.69. The number of benzene rings is 4. The van der Waals surface area contributed by atoms with Gasteiger partial charge in [-0.25, -0.2) is 28.8 Å². The van der Waals surface area contributed by atoms with Crippen molar-refractivity contribution in [3.63, 3.8) is 0 Å². The van der Waals surface area contributed by atoms with Crippen LogP contribution in [0.2, 0.25) is 0 Å². The van der Waals surface area contributed by atoms with Gasteiger partial charge in [0.05, 0.1) is 33.4 Å². The van der Waals surface area contributed by atoms with Crippen LogP contribution in [0.1, 0.15) is 62.1 Å². The first-order chi connectivity index (χ1) is 19.8. The van der Waals surface area contributed by atoms with Gasteiger partial charge in [0, 0.05) is 0 Å². The van der Waals surface area contributed by atoms with Gasteiger partial charge in [0.2, 0.25) is 0 Å². The molecule has 0 amide bonds. The Morgan fingerprint density at radius 2 is 0.512 bits per heavy atom. The number of hydrogen-bond donors (Lipinski definition) is 6. The van der Waals surface area contributed by atoms with Gasteiger partial charge in [-0.3, -0.25) is 0 Å². The molecule has 0 aliphatic carbocycles. The van der Waals surface area contributed by atoms with E-state index in [0.29, 0.717) is 22.3 Å². The van der Waals surface area contributed by atoms with Crippen LogP contribution in [0, 0.1) is 0 Å². The summed E-state index contributed by atoms with van der Waals surface area (Å²) in [6.07, 6.45) is 0. The van der Waals surface area contributed by atoms with Gasteiger partial charge in [-0.15, -0.1) is 0 Å². The second kappa shape index (κ2) is 13.8. The van der Waals surface area contributed by atoms with Crippen molar-refractivity contribution < 1.29 is 64.9 Å². The predicted molar refractivity (Wildman–Crippen MR) is 149 cm³/mol. The summed E-state index contributed by atoms with van der Waals surface area (Å²) >= 11 is 0. The minimum absolute atomic E-state index is 0. The number of carboxylic acid groups (broad SMARTS) is 6. The molecule has 0 aliphatic rings. The molecule has 4 aromatic rings. The molecule has 13 nitrogen and oxygen atoms in total. The van der Waals surface area contributed by atoms with Crippen LogP contribution in [0.4, 0.5) is 0 Å². The SMILES string of the molecule is O.O=C(O)c1ccc(-c2cc(C(=O)O)cc(C(=O)O)c2)cc1.O=C(O)c1ccc(-c2cc(C(=O)O)cc(C(=O)O)c2)cc1. The number of rotatable bonds is 8. The third-order valence-corrected chi connectivity index (χ3v) is 5.78. The van der Waals surface area contributed by atoms with Crippen molar-refractivity contribution in [1.29, 1.82) is 0 Å². The fraction of sp³-hybridized carbons (Fsp3) is 0. The lowest BCUT2D eigenvalue weighted by molar-refractivity contribution is 0.0676. The molecule has 13 heteroatoms. The Hall–Kier alpha value is -6.34. The highest BCUT2D eigenvalue weighted by Crippen LogP contribution is 2.25. The molecule has 0 unspecified atom stereocenters. The molecule has 0 heterocycles.